The first-order valence-electron chi connectivity index (χ1n) is 9.29. The number of aromatic nitrogens is 3. The standard InChI is InChI=1S/C22H21N5O2/c1-29-17-6-4-5-16(11-17)27-21-12-20(25-14-26-21)22(28)23-10-9-15-13-24-19-8-3-2-7-18(15)19/h2-8,11-14,24H,9-10H2,1H3,(H,23,28)(H,25,26,27). The molecule has 0 unspecified atom stereocenters. The van der Waals surface area contributed by atoms with Gasteiger partial charge in [-0.05, 0) is 30.2 Å². The maximum atomic E-state index is 12.5. The molecule has 0 aliphatic rings. The minimum absolute atomic E-state index is 0.235. The third-order valence-electron chi connectivity index (χ3n) is 4.60. The van der Waals surface area contributed by atoms with Crippen molar-refractivity contribution >= 4 is 28.3 Å². The molecule has 4 aromatic rings. The number of H-pyrrole nitrogens is 1. The second-order valence-electron chi connectivity index (χ2n) is 6.51. The van der Waals surface area contributed by atoms with E-state index in [1.54, 1.807) is 13.2 Å². The Kier molecular flexibility index (Phi) is 5.38. The Labute approximate surface area is 168 Å². The zero-order valence-electron chi connectivity index (χ0n) is 16.0. The predicted molar refractivity (Wildman–Crippen MR) is 113 cm³/mol. The second kappa shape index (κ2) is 8.43. The topological polar surface area (TPSA) is 91.9 Å². The van der Waals surface area contributed by atoms with E-state index in [9.17, 15) is 4.79 Å². The number of ether oxygens (including phenoxy) is 1. The Balaban J connectivity index is 1.38. The van der Waals surface area contributed by atoms with Gasteiger partial charge in [0.1, 0.15) is 23.6 Å². The van der Waals surface area contributed by atoms with Gasteiger partial charge < -0.3 is 20.4 Å². The molecule has 2 heterocycles. The molecule has 2 aromatic carbocycles. The number of hydrogen-bond acceptors (Lipinski definition) is 5. The number of nitrogens with zero attached hydrogens (tertiary/aromatic N) is 2. The summed E-state index contributed by atoms with van der Waals surface area (Å²) in [6.07, 6.45) is 4.09. The maximum absolute atomic E-state index is 12.5. The average molecular weight is 387 g/mol. The molecule has 4 rings (SSSR count). The number of carbonyl (C=O) groups excluding carboxylic acids is 1. The first kappa shape index (κ1) is 18.5. The van der Waals surface area contributed by atoms with Crippen LogP contribution >= 0.6 is 0 Å². The molecule has 0 aliphatic carbocycles. The number of methoxy groups -OCH3 is 1. The summed E-state index contributed by atoms with van der Waals surface area (Å²) < 4.78 is 5.22. The van der Waals surface area contributed by atoms with Crippen LogP contribution in [0.2, 0.25) is 0 Å². The smallest absolute Gasteiger partial charge is 0.270 e. The molecule has 7 nitrogen and oxygen atoms in total. The van der Waals surface area contributed by atoms with E-state index in [4.69, 9.17) is 4.74 Å². The first-order valence-corrected chi connectivity index (χ1v) is 9.29. The zero-order chi connectivity index (χ0) is 20.1. The van der Waals surface area contributed by atoms with Crippen molar-refractivity contribution < 1.29 is 9.53 Å². The van der Waals surface area contributed by atoms with Gasteiger partial charge >= 0.3 is 0 Å². The molecular formula is C22H21N5O2. The fraction of sp³-hybridized carbons (Fsp3) is 0.136. The van der Waals surface area contributed by atoms with Crippen molar-refractivity contribution in [2.24, 2.45) is 0 Å². The lowest BCUT2D eigenvalue weighted by Crippen LogP contribution is -2.26. The number of fused-ring (bicyclic) bond motifs is 1. The van der Waals surface area contributed by atoms with Crippen molar-refractivity contribution in [2.75, 3.05) is 19.0 Å². The van der Waals surface area contributed by atoms with Gasteiger partial charge in [0.15, 0.2) is 0 Å². The van der Waals surface area contributed by atoms with Crippen LogP contribution in [0.1, 0.15) is 16.1 Å². The van der Waals surface area contributed by atoms with E-state index < -0.39 is 0 Å². The number of para-hydroxylation sites is 1. The van der Waals surface area contributed by atoms with Crippen LogP contribution in [0.25, 0.3) is 10.9 Å². The summed E-state index contributed by atoms with van der Waals surface area (Å²) in [4.78, 5) is 24.0. The molecule has 0 aliphatic heterocycles. The summed E-state index contributed by atoms with van der Waals surface area (Å²) in [7, 11) is 1.61. The van der Waals surface area contributed by atoms with Crippen LogP contribution in [-0.4, -0.2) is 34.5 Å². The van der Waals surface area contributed by atoms with Gasteiger partial charge in [0.25, 0.3) is 5.91 Å². The molecule has 0 radical (unpaired) electrons. The van der Waals surface area contributed by atoms with Gasteiger partial charge in [-0.15, -0.1) is 0 Å². The third kappa shape index (κ3) is 4.35. The lowest BCUT2D eigenvalue weighted by molar-refractivity contribution is 0.0949. The van der Waals surface area contributed by atoms with Crippen molar-refractivity contribution in [3.8, 4) is 5.75 Å². The summed E-state index contributed by atoms with van der Waals surface area (Å²) in [5.74, 6) is 1.04. The van der Waals surface area contributed by atoms with Crippen LogP contribution < -0.4 is 15.4 Å². The van der Waals surface area contributed by atoms with Crippen LogP contribution in [0.5, 0.6) is 5.75 Å². The van der Waals surface area contributed by atoms with E-state index >= 15 is 0 Å². The minimum atomic E-state index is -0.235. The van der Waals surface area contributed by atoms with E-state index in [-0.39, 0.29) is 5.91 Å². The Morgan fingerprint density at radius 2 is 2.00 bits per heavy atom. The number of anilines is 2. The molecule has 2 aromatic heterocycles. The van der Waals surface area contributed by atoms with E-state index in [1.165, 1.54) is 17.3 Å². The van der Waals surface area contributed by atoms with Crippen LogP contribution in [0.4, 0.5) is 11.5 Å². The monoisotopic (exact) mass is 387 g/mol. The quantitative estimate of drug-likeness (QED) is 0.450. The maximum Gasteiger partial charge on any atom is 0.270 e. The van der Waals surface area contributed by atoms with E-state index in [1.807, 2.05) is 48.7 Å². The summed E-state index contributed by atoms with van der Waals surface area (Å²) in [6.45, 7) is 0.517. The number of carbonyl (C=O) groups is 1. The summed E-state index contributed by atoms with van der Waals surface area (Å²) in [6, 6.07) is 17.2. The molecule has 1 amide bonds. The largest absolute Gasteiger partial charge is 0.497 e. The number of rotatable bonds is 7. The molecule has 0 spiro atoms. The normalized spacial score (nSPS) is 10.7. The van der Waals surface area contributed by atoms with Crippen molar-refractivity contribution in [1.82, 2.24) is 20.3 Å². The Morgan fingerprint density at radius 3 is 2.90 bits per heavy atom. The van der Waals surface area contributed by atoms with Gasteiger partial charge in [-0.1, -0.05) is 24.3 Å². The Bertz CT molecular complexity index is 1140. The second-order valence-corrected chi connectivity index (χ2v) is 6.51. The molecule has 0 fully saturated rings. The highest BCUT2D eigenvalue weighted by atomic mass is 16.5. The molecular weight excluding hydrogens is 366 g/mol. The van der Waals surface area contributed by atoms with Crippen molar-refractivity contribution in [2.45, 2.75) is 6.42 Å². The lowest BCUT2D eigenvalue weighted by atomic mass is 10.1. The van der Waals surface area contributed by atoms with E-state index in [2.05, 4.69) is 31.7 Å². The average Bonchev–Trinajstić information content (AvgIpc) is 3.17. The molecule has 3 N–H and O–H groups in total. The number of aromatic amines is 1. The summed E-state index contributed by atoms with van der Waals surface area (Å²) >= 11 is 0. The number of benzene rings is 2. The molecule has 0 saturated carbocycles. The molecule has 0 atom stereocenters. The van der Waals surface area contributed by atoms with Crippen LogP contribution in [0.3, 0.4) is 0 Å². The predicted octanol–water partition coefficient (Wildman–Crippen LogP) is 3.68. The van der Waals surface area contributed by atoms with Gasteiger partial charge in [-0.25, -0.2) is 9.97 Å². The number of nitrogens with one attached hydrogen (secondary N) is 3. The highest BCUT2D eigenvalue weighted by molar-refractivity contribution is 5.93. The van der Waals surface area contributed by atoms with Crippen molar-refractivity contribution in [3.63, 3.8) is 0 Å². The molecule has 146 valence electrons. The van der Waals surface area contributed by atoms with Gasteiger partial charge in [0.2, 0.25) is 0 Å². The molecule has 0 saturated heterocycles. The van der Waals surface area contributed by atoms with Crippen LogP contribution in [-0.2, 0) is 6.42 Å². The first-order chi connectivity index (χ1) is 14.2. The van der Waals surface area contributed by atoms with Crippen molar-refractivity contribution in [1.29, 1.82) is 0 Å². The van der Waals surface area contributed by atoms with E-state index in [0.717, 1.165) is 23.4 Å². The highest BCUT2D eigenvalue weighted by Gasteiger charge is 2.10. The summed E-state index contributed by atoms with van der Waals surface area (Å²) in [5.41, 5.74) is 3.39. The van der Waals surface area contributed by atoms with Gasteiger partial charge in [0.05, 0.1) is 7.11 Å². The Hall–Kier alpha value is -3.87. The number of amides is 1. The minimum Gasteiger partial charge on any atom is -0.497 e. The fourth-order valence-electron chi connectivity index (χ4n) is 3.14. The molecule has 7 heteroatoms. The highest BCUT2D eigenvalue weighted by Crippen LogP contribution is 2.20. The lowest BCUT2D eigenvalue weighted by Gasteiger charge is -2.09. The van der Waals surface area contributed by atoms with E-state index in [0.29, 0.717) is 18.1 Å². The fourth-order valence-corrected chi connectivity index (χ4v) is 3.14. The molecule has 29 heavy (non-hydrogen) atoms. The van der Waals surface area contributed by atoms with Gasteiger partial charge in [0, 0.05) is 41.5 Å². The molecule has 0 bridgehead atoms. The van der Waals surface area contributed by atoms with Gasteiger partial charge in [-0.3, -0.25) is 4.79 Å². The van der Waals surface area contributed by atoms with Crippen LogP contribution in [0, 0.1) is 0 Å². The van der Waals surface area contributed by atoms with Crippen molar-refractivity contribution in [3.05, 3.63) is 78.4 Å². The zero-order valence-corrected chi connectivity index (χ0v) is 16.0. The SMILES string of the molecule is COc1cccc(Nc2cc(C(=O)NCCc3c[nH]c4ccccc34)ncn2)c1. The van der Waals surface area contributed by atoms with Gasteiger partial charge in [-0.2, -0.15) is 0 Å². The third-order valence-corrected chi connectivity index (χ3v) is 4.60. The number of hydrogen-bond donors (Lipinski definition) is 3. The van der Waals surface area contributed by atoms with Crippen LogP contribution in [0.15, 0.2) is 67.1 Å². The Morgan fingerprint density at radius 1 is 1.10 bits per heavy atom. The summed E-state index contributed by atoms with van der Waals surface area (Å²) in [5, 5.41) is 7.25.